The molecule has 1 aromatic carbocycles. The first kappa shape index (κ1) is 19.9. The van der Waals surface area contributed by atoms with E-state index in [4.69, 9.17) is 0 Å². The number of nitrogens with one attached hydrogen (secondary N) is 2. The third kappa shape index (κ3) is 4.61. The standard InChI is InChI=1S/C20H18N6O2S2/c1-13-11-14(2)23-19(22-13)26-30(27,28)17-5-3-16(4-6-17)24-20-25-18(12-29-20)15-7-9-21-10-8-15/h3-12H,1-2H3,(H,24,25)(H,22,23,26). The molecule has 0 saturated carbocycles. The number of aryl methyl sites for hydroxylation is 2. The normalized spacial score (nSPS) is 11.3. The molecule has 8 nitrogen and oxygen atoms in total. The van der Waals surface area contributed by atoms with Crippen LogP contribution in [0.3, 0.4) is 0 Å². The van der Waals surface area contributed by atoms with Crippen LogP contribution in [-0.4, -0.2) is 28.4 Å². The molecule has 0 atom stereocenters. The maximum absolute atomic E-state index is 12.6. The van der Waals surface area contributed by atoms with Crippen LogP contribution in [0.15, 0.2) is 65.1 Å². The first-order valence-corrected chi connectivity index (χ1v) is 11.3. The second-order valence-electron chi connectivity index (χ2n) is 6.50. The molecule has 0 aliphatic carbocycles. The Morgan fingerprint density at radius 3 is 2.23 bits per heavy atom. The van der Waals surface area contributed by atoms with Gasteiger partial charge < -0.3 is 5.32 Å². The Morgan fingerprint density at radius 1 is 0.900 bits per heavy atom. The molecule has 0 saturated heterocycles. The number of thiazole rings is 1. The Morgan fingerprint density at radius 2 is 1.57 bits per heavy atom. The molecule has 152 valence electrons. The summed E-state index contributed by atoms with van der Waals surface area (Å²) in [5.41, 5.74) is 3.94. The van der Waals surface area contributed by atoms with E-state index in [1.165, 1.54) is 23.5 Å². The van der Waals surface area contributed by atoms with Gasteiger partial charge in [-0.1, -0.05) is 0 Å². The highest BCUT2D eigenvalue weighted by Crippen LogP contribution is 2.27. The Hall–Kier alpha value is -3.37. The molecular formula is C20H18N6O2S2. The van der Waals surface area contributed by atoms with Crippen molar-refractivity contribution in [2.24, 2.45) is 0 Å². The van der Waals surface area contributed by atoms with Crippen molar-refractivity contribution in [1.82, 2.24) is 19.9 Å². The molecule has 3 aromatic heterocycles. The fraction of sp³-hybridized carbons (Fsp3) is 0.100. The van der Waals surface area contributed by atoms with Crippen LogP contribution in [0.2, 0.25) is 0 Å². The number of sulfonamides is 1. The van der Waals surface area contributed by atoms with Gasteiger partial charge in [0, 0.05) is 40.4 Å². The summed E-state index contributed by atoms with van der Waals surface area (Å²) in [6, 6.07) is 12.0. The van der Waals surface area contributed by atoms with Crippen LogP contribution < -0.4 is 10.0 Å². The molecule has 10 heteroatoms. The molecule has 4 rings (SSSR count). The molecule has 0 radical (unpaired) electrons. The third-order valence-electron chi connectivity index (χ3n) is 4.10. The number of rotatable bonds is 6. The predicted molar refractivity (Wildman–Crippen MR) is 117 cm³/mol. The minimum atomic E-state index is -3.79. The largest absolute Gasteiger partial charge is 0.332 e. The summed E-state index contributed by atoms with van der Waals surface area (Å²) >= 11 is 1.46. The average molecular weight is 439 g/mol. The van der Waals surface area contributed by atoms with E-state index in [0.29, 0.717) is 16.5 Å². The van der Waals surface area contributed by atoms with Crippen LogP contribution in [0, 0.1) is 13.8 Å². The molecule has 30 heavy (non-hydrogen) atoms. The Labute approximate surface area is 178 Å². The number of hydrogen-bond acceptors (Lipinski definition) is 8. The van der Waals surface area contributed by atoms with Gasteiger partial charge in [0.1, 0.15) is 0 Å². The fourth-order valence-corrected chi connectivity index (χ4v) is 4.46. The fourth-order valence-electron chi connectivity index (χ4n) is 2.78. The summed E-state index contributed by atoms with van der Waals surface area (Å²) in [6.07, 6.45) is 3.44. The highest BCUT2D eigenvalue weighted by Gasteiger charge is 2.16. The Balaban J connectivity index is 1.48. The van der Waals surface area contributed by atoms with Crippen molar-refractivity contribution in [2.45, 2.75) is 18.7 Å². The molecule has 4 aromatic rings. The second kappa shape index (κ2) is 8.17. The van der Waals surface area contributed by atoms with E-state index in [0.717, 1.165) is 16.9 Å². The van der Waals surface area contributed by atoms with Gasteiger partial charge >= 0.3 is 0 Å². The van der Waals surface area contributed by atoms with Gasteiger partial charge in [-0.3, -0.25) is 4.98 Å². The van der Waals surface area contributed by atoms with Crippen molar-refractivity contribution in [3.05, 3.63) is 71.6 Å². The number of nitrogens with zero attached hydrogens (tertiary/aromatic N) is 4. The van der Waals surface area contributed by atoms with Crippen molar-refractivity contribution >= 4 is 38.1 Å². The number of pyridine rings is 1. The molecule has 2 N–H and O–H groups in total. The van der Waals surface area contributed by atoms with Crippen molar-refractivity contribution < 1.29 is 8.42 Å². The number of hydrogen-bond donors (Lipinski definition) is 2. The van der Waals surface area contributed by atoms with Gasteiger partial charge in [0.2, 0.25) is 5.95 Å². The van der Waals surface area contributed by atoms with Crippen LogP contribution in [0.4, 0.5) is 16.8 Å². The van der Waals surface area contributed by atoms with Crippen LogP contribution in [0.1, 0.15) is 11.4 Å². The second-order valence-corrected chi connectivity index (χ2v) is 9.04. The van der Waals surface area contributed by atoms with Gasteiger partial charge in [-0.15, -0.1) is 11.3 Å². The molecule has 0 aliphatic rings. The highest BCUT2D eigenvalue weighted by atomic mass is 32.2. The van der Waals surface area contributed by atoms with E-state index in [2.05, 4.69) is 30.0 Å². The van der Waals surface area contributed by atoms with Crippen molar-refractivity contribution in [2.75, 3.05) is 10.0 Å². The van der Waals surface area contributed by atoms with Gasteiger partial charge in [0.05, 0.1) is 10.6 Å². The Bertz CT molecular complexity index is 1250. The number of aromatic nitrogens is 4. The molecule has 0 spiro atoms. The third-order valence-corrected chi connectivity index (χ3v) is 6.21. The first-order chi connectivity index (χ1) is 14.4. The maximum Gasteiger partial charge on any atom is 0.264 e. The topological polar surface area (TPSA) is 110 Å². The van der Waals surface area contributed by atoms with Gasteiger partial charge in [-0.2, -0.15) is 0 Å². The van der Waals surface area contributed by atoms with Crippen LogP contribution >= 0.6 is 11.3 Å². The predicted octanol–water partition coefficient (Wildman–Crippen LogP) is 4.16. The van der Waals surface area contributed by atoms with Crippen LogP contribution in [0.5, 0.6) is 0 Å². The molecule has 0 bridgehead atoms. The van der Waals surface area contributed by atoms with Gasteiger partial charge in [0.15, 0.2) is 5.13 Å². The summed E-state index contributed by atoms with van der Waals surface area (Å²) in [5, 5.41) is 5.85. The van der Waals surface area contributed by atoms with E-state index in [1.54, 1.807) is 44.4 Å². The van der Waals surface area contributed by atoms with E-state index in [9.17, 15) is 8.42 Å². The Kier molecular flexibility index (Phi) is 5.42. The van der Waals surface area contributed by atoms with E-state index < -0.39 is 10.0 Å². The van der Waals surface area contributed by atoms with Crippen molar-refractivity contribution in [1.29, 1.82) is 0 Å². The highest BCUT2D eigenvalue weighted by molar-refractivity contribution is 7.92. The van der Waals surface area contributed by atoms with Crippen LogP contribution in [0.25, 0.3) is 11.3 Å². The quantitative estimate of drug-likeness (QED) is 0.465. The lowest BCUT2D eigenvalue weighted by Gasteiger charge is -2.09. The lowest BCUT2D eigenvalue weighted by atomic mass is 10.2. The average Bonchev–Trinajstić information content (AvgIpc) is 3.16. The molecule has 0 amide bonds. The van der Waals surface area contributed by atoms with E-state index in [1.807, 2.05) is 17.5 Å². The zero-order valence-corrected chi connectivity index (χ0v) is 17.8. The zero-order chi connectivity index (χ0) is 21.1. The summed E-state index contributed by atoms with van der Waals surface area (Å²) in [6.45, 7) is 3.57. The maximum atomic E-state index is 12.6. The molecule has 3 heterocycles. The molecule has 0 aliphatic heterocycles. The van der Waals surface area contributed by atoms with Crippen LogP contribution in [-0.2, 0) is 10.0 Å². The van der Waals surface area contributed by atoms with E-state index in [-0.39, 0.29) is 10.8 Å². The van der Waals surface area contributed by atoms with Gasteiger partial charge in [0.25, 0.3) is 10.0 Å². The lowest BCUT2D eigenvalue weighted by molar-refractivity contribution is 0.601. The number of benzene rings is 1. The van der Waals surface area contributed by atoms with Crippen molar-refractivity contribution in [3.8, 4) is 11.3 Å². The van der Waals surface area contributed by atoms with E-state index >= 15 is 0 Å². The SMILES string of the molecule is Cc1cc(C)nc(NS(=O)(=O)c2ccc(Nc3nc(-c4ccncc4)cs3)cc2)n1. The molecular weight excluding hydrogens is 420 g/mol. The summed E-state index contributed by atoms with van der Waals surface area (Å²) < 4.78 is 27.7. The van der Waals surface area contributed by atoms with Gasteiger partial charge in [-0.05, 0) is 56.3 Å². The minimum Gasteiger partial charge on any atom is -0.332 e. The lowest BCUT2D eigenvalue weighted by Crippen LogP contribution is -2.15. The summed E-state index contributed by atoms with van der Waals surface area (Å²) in [7, 11) is -3.79. The summed E-state index contributed by atoms with van der Waals surface area (Å²) in [5.74, 6) is 0.0566. The smallest absolute Gasteiger partial charge is 0.264 e. The van der Waals surface area contributed by atoms with Crippen molar-refractivity contribution in [3.63, 3.8) is 0 Å². The minimum absolute atomic E-state index is 0.0566. The summed E-state index contributed by atoms with van der Waals surface area (Å²) in [4.78, 5) is 16.9. The van der Waals surface area contributed by atoms with Gasteiger partial charge in [-0.25, -0.2) is 28.1 Å². The zero-order valence-electron chi connectivity index (χ0n) is 16.2. The molecule has 0 fully saturated rings. The first-order valence-electron chi connectivity index (χ1n) is 8.97. The molecule has 0 unspecified atom stereocenters. The monoisotopic (exact) mass is 438 g/mol. The number of anilines is 3.